The zero-order chi connectivity index (χ0) is 11.3. The monoisotopic (exact) mass is 297 g/mol. The largest absolute Gasteiger partial charge is 0.299 e. The number of halogens is 1. The molecule has 3 nitrogen and oxygen atoms in total. The molecular formula is C10H20BrNO2S. The molecule has 0 unspecified atom stereocenters. The molecule has 1 fully saturated rings. The summed E-state index contributed by atoms with van der Waals surface area (Å²) in [5.74, 6) is 0.657. The molecule has 0 amide bonds. The van der Waals surface area contributed by atoms with Gasteiger partial charge in [0.25, 0.3) is 0 Å². The van der Waals surface area contributed by atoms with Crippen LogP contribution in [0.4, 0.5) is 0 Å². The Bertz CT molecular complexity index is 275. The highest BCUT2D eigenvalue weighted by molar-refractivity contribution is 9.09. The van der Waals surface area contributed by atoms with Crippen LogP contribution < -0.4 is 0 Å². The topological polar surface area (TPSA) is 37.4 Å². The van der Waals surface area contributed by atoms with Crippen molar-refractivity contribution >= 4 is 25.8 Å². The minimum absolute atomic E-state index is 0.324. The third-order valence-electron chi connectivity index (χ3n) is 2.64. The van der Waals surface area contributed by atoms with Gasteiger partial charge in [-0.1, -0.05) is 22.9 Å². The van der Waals surface area contributed by atoms with E-state index in [4.69, 9.17) is 0 Å². The average molecular weight is 298 g/mol. The first-order valence-electron chi connectivity index (χ1n) is 5.59. The summed E-state index contributed by atoms with van der Waals surface area (Å²) in [6, 6.07) is 0.652. The molecule has 15 heavy (non-hydrogen) atoms. The minimum atomic E-state index is -2.81. The number of rotatable bonds is 8. The average Bonchev–Trinajstić information content (AvgIpc) is 2.95. The van der Waals surface area contributed by atoms with Gasteiger partial charge in [-0.15, -0.1) is 0 Å². The van der Waals surface area contributed by atoms with Crippen LogP contribution in [0.15, 0.2) is 0 Å². The van der Waals surface area contributed by atoms with E-state index in [2.05, 4.69) is 20.8 Å². The summed E-state index contributed by atoms with van der Waals surface area (Å²) in [5.41, 5.74) is 0. The fourth-order valence-electron chi connectivity index (χ4n) is 1.69. The second kappa shape index (κ2) is 6.21. The summed E-state index contributed by atoms with van der Waals surface area (Å²) in [7, 11) is -2.81. The molecule has 1 aliphatic carbocycles. The molecule has 0 spiro atoms. The van der Waals surface area contributed by atoms with Gasteiger partial charge in [0, 0.05) is 30.2 Å². The molecule has 0 N–H and O–H groups in total. The van der Waals surface area contributed by atoms with Crippen molar-refractivity contribution in [2.24, 2.45) is 0 Å². The molecule has 0 radical (unpaired) electrons. The van der Waals surface area contributed by atoms with E-state index >= 15 is 0 Å². The maximum atomic E-state index is 11.5. The van der Waals surface area contributed by atoms with Crippen LogP contribution in [-0.2, 0) is 9.84 Å². The quantitative estimate of drug-likeness (QED) is 0.640. The fourth-order valence-corrected chi connectivity index (χ4v) is 3.49. The molecule has 0 aromatic heterocycles. The first kappa shape index (κ1) is 13.5. The van der Waals surface area contributed by atoms with Gasteiger partial charge in [-0.3, -0.25) is 4.90 Å². The molecule has 1 rings (SSSR count). The molecule has 1 aliphatic rings. The number of alkyl halides is 1. The molecule has 0 aromatic rings. The molecule has 5 heteroatoms. The van der Waals surface area contributed by atoms with Crippen LogP contribution in [0.5, 0.6) is 0 Å². The van der Waals surface area contributed by atoms with Crippen LogP contribution >= 0.6 is 15.9 Å². The summed E-state index contributed by atoms with van der Waals surface area (Å²) in [6.07, 6.45) is 3.20. The Balaban J connectivity index is 2.32. The first-order valence-corrected chi connectivity index (χ1v) is 8.54. The maximum Gasteiger partial charge on any atom is 0.151 e. The number of hydrogen-bond donors (Lipinski definition) is 0. The molecule has 0 bridgehead atoms. The Morgan fingerprint density at radius 2 is 1.93 bits per heavy atom. The smallest absolute Gasteiger partial charge is 0.151 e. The van der Waals surface area contributed by atoms with Gasteiger partial charge in [-0.05, 0) is 19.3 Å². The van der Waals surface area contributed by atoms with Crippen molar-refractivity contribution in [2.75, 3.05) is 29.9 Å². The zero-order valence-electron chi connectivity index (χ0n) is 9.28. The van der Waals surface area contributed by atoms with Crippen molar-refractivity contribution in [1.82, 2.24) is 4.90 Å². The van der Waals surface area contributed by atoms with Crippen molar-refractivity contribution in [1.29, 1.82) is 0 Å². The third-order valence-corrected chi connectivity index (χ3v) is 4.83. The molecule has 0 heterocycles. The highest BCUT2D eigenvalue weighted by Gasteiger charge is 2.28. The van der Waals surface area contributed by atoms with Crippen LogP contribution in [0.25, 0.3) is 0 Å². The van der Waals surface area contributed by atoms with Crippen molar-refractivity contribution < 1.29 is 8.42 Å². The number of hydrogen-bond acceptors (Lipinski definition) is 3. The molecular weight excluding hydrogens is 278 g/mol. The maximum absolute atomic E-state index is 11.5. The van der Waals surface area contributed by atoms with E-state index in [0.29, 0.717) is 24.1 Å². The Morgan fingerprint density at radius 1 is 1.27 bits per heavy atom. The standard InChI is InChI=1S/C10H20BrNO2S/c1-2-8-15(13,14)9-7-12(6-5-11)10-3-4-10/h10H,2-9H2,1H3. The lowest BCUT2D eigenvalue weighted by Gasteiger charge is -2.20. The van der Waals surface area contributed by atoms with E-state index < -0.39 is 9.84 Å². The fraction of sp³-hybridized carbons (Fsp3) is 1.00. The molecule has 0 aromatic carbocycles. The predicted octanol–water partition coefficient (Wildman–Crippen LogP) is 1.67. The lowest BCUT2D eigenvalue weighted by atomic mass is 10.5. The minimum Gasteiger partial charge on any atom is -0.299 e. The Morgan fingerprint density at radius 3 is 2.40 bits per heavy atom. The number of nitrogens with zero attached hydrogens (tertiary/aromatic N) is 1. The Kier molecular flexibility index (Phi) is 5.57. The van der Waals surface area contributed by atoms with Crippen LogP contribution in [0.1, 0.15) is 26.2 Å². The van der Waals surface area contributed by atoms with Crippen LogP contribution in [0, 0.1) is 0 Å². The molecule has 0 aliphatic heterocycles. The van der Waals surface area contributed by atoms with Gasteiger partial charge >= 0.3 is 0 Å². The van der Waals surface area contributed by atoms with Gasteiger partial charge in [-0.25, -0.2) is 8.42 Å². The summed E-state index contributed by atoms with van der Waals surface area (Å²) < 4.78 is 23.1. The van der Waals surface area contributed by atoms with Gasteiger partial charge < -0.3 is 0 Å². The summed E-state index contributed by atoms with van der Waals surface area (Å²) in [6.45, 7) is 3.58. The van der Waals surface area contributed by atoms with E-state index in [0.717, 1.165) is 18.3 Å². The predicted molar refractivity (Wildman–Crippen MR) is 67.3 cm³/mol. The van der Waals surface area contributed by atoms with Crippen molar-refractivity contribution in [3.63, 3.8) is 0 Å². The van der Waals surface area contributed by atoms with Gasteiger partial charge in [-0.2, -0.15) is 0 Å². The highest BCUT2D eigenvalue weighted by Crippen LogP contribution is 2.26. The van der Waals surface area contributed by atoms with Crippen molar-refractivity contribution in [3.05, 3.63) is 0 Å². The molecule has 0 saturated heterocycles. The van der Waals surface area contributed by atoms with Gasteiger partial charge in [0.15, 0.2) is 9.84 Å². The molecule has 0 atom stereocenters. The first-order chi connectivity index (χ1) is 7.09. The SMILES string of the molecule is CCCS(=O)(=O)CCN(CCBr)C1CC1. The molecule has 90 valence electrons. The Labute approximate surface area is 101 Å². The van der Waals surface area contributed by atoms with E-state index in [9.17, 15) is 8.42 Å². The summed E-state index contributed by atoms with van der Waals surface area (Å²) in [5, 5.41) is 0.928. The van der Waals surface area contributed by atoms with E-state index in [1.54, 1.807) is 0 Å². The zero-order valence-corrected chi connectivity index (χ0v) is 11.7. The van der Waals surface area contributed by atoms with E-state index in [1.807, 2.05) is 6.92 Å². The third kappa shape index (κ3) is 5.31. The van der Waals surface area contributed by atoms with Crippen molar-refractivity contribution in [2.45, 2.75) is 32.2 Å². The summed E-state index contributed by atoms with van der Waals surface area (Å²) in [4.78, 5) is 2.29. The van der Waals surface area contributed by atoms with Gasteiger partial charge in [0.1, 0.15) is 0 Å². The second-order valence-corrected chi connectivity index (χ2v) is 7.20. The van der Waals surface area contributed by atoms with Gasteiger partial charge in [0.2, 0.25) is 0 Å². The second-order valence-electron chi connectivity index (χ2n) is 4.11. The van der Waals surface area contributed by atoms with Crippen molar-refractivity contribution in [3.8, 4) is 0 Å². The lowest BCUT2D eigenvalue weighted by Crippen LogP contribution is -2.33. The van der Waals surface area contributed by atoms with E-state index in [1.165, 1.54) is 12.8 Å². The van der Waals surface area contributed by atoms with Gasteiger partial charge in [0.05, 0.1) is 5.75 Å². The lowest BCUT2D eigenvalue weighted by molar-refractivity contribution is 0.297. The van der Waals surface area contributed by atoms with Crippen LogP contribution in [0.2, 0.25) is 0 Å². The Hall–Kier alpha value is 0.390. The summed E-state index contributed by atoms with van der Waals surface area (Å²) >= 11 is 3.41. The van der Waals surface area contributed by atoms with Crippen LogP contribution in [-0.4, -0.2) is 49.3 Å². The number of sulfone groups is 1. The highest BCUT2D eigenvalue weighted by atomic mass is 79.9. The molecule has 1 saturated carbocycles. The van der Waals surface area contributed by atoms with E-state index in [-0.39, 0.29) is 0 Å². The normalized spacial score (nSPS) is 17.3. The van der Waals surface area contributed by atoms with Crippen LogP contribution in [0.3, 0.4) is 0 Å².